The van der Waals surface area contributed by atoms with Gasteiger partial charge in [-0.25, -0.2) is 0 Å². The smallest absolute Gasteiger partial charge is 0.181 e. The minimum atomic E-state index is 0.943. The molecule has 3 heterocycles. The molecule has 1 fully saturated rings. The van der Waals surface area contributed by atoms with Crippen molar-refractivity contribution in [1.29, 1.82) is 0 Å². The topological polar surface area (TPSA) is 58.4 Å². The maximum absolute atomic E-state index is 4.70. The highest BCUT2D eigenvalue weighted by Gasteiger charge is 2.19. The van der Waals surface area contributed by atoms with Gasteiger partial charge in [-0.3, -0.25) is 0 Å². The molecule has 0 unspecified atom stereocenters. The Morgan fingerprint density at radius 3 is 2.70 bits per heavy atom. The molecule has 1 N–H and O–H groups in total. The summed E-state index contributed by atoms with van der Waals surface area (Å²) >= 11 is 0. The summed E-state index contributed by atoms with van der Waals surface area (Å²) in [7, 11) is 0. The fourth-order valence-electron chi connectivity index (χ4n) is 3.92. The summed E-state index contributed by atoms with van der Waals surface area (Å²) < 4.78 is 1.83. The van der Waals surface area contributed by atoms with Gasteiger partial charge in [0.1, 0.15) is 6.33 Å². The Labute approximate surface area is 137 Å². The molecule has 4 rings (SSSR count). The molecule has 0 aromatic carbocycles. The summed E-state index contributed by atoms with van der Waals surface area (Å²) in [5.74, 6) is 1.05. The van der Waals surface area contributed by atoms with Gasteiger partial charge in [0.15, 0.2) is 11.5 Å². The van der Waals surface area contributed by atoms with Gasteiger partial charge in [-0.15, -0.1) is 15.3 Å². The van der Waals surface area contributed by atoms with E-state index in [1.54, 1.807) is 6.33 Å². The normalized spacial score (nSPS) is 19.0. The number of piperidine rings is 1. The van der Waals surface area contributed by atoms with Crippen molar-refractivity contribution >= 4 is 11.5 Å². The third-order valence-corrected chi connectivity index (χ3v) is 5.15. The van der Waals surface area contributed by atoms with E-state index in [2.05, 4.69) is 20.4 Å². The molecule has 0 amide bonds. The molecule has 1 aliphatic heterocycles. The number of aryl methyl sites for hydroxylation is 1. The molecule has 2 aliphatic rings. The van der Waals surface area contributed by atoms with Crippen LogP contribution in [0, 0.1) is 0 Å². The Bertz CT molecular complexity index is 658. The minimum absolute atomic E-state index is 0.943. The Morgan fingerprint density at radius 2 is 1.83 bits per heavy atom. The van der Waals surface area contributed by atoms with Gasteiger partial charge in [0, 0.05) is 17.7 Å². The van der Waals surface area contributed by atoms with Crippen LogP contribution < -0.4 is 5.32 Å². The van der Waals surface area contributed by atoms with Gasteiger partial charge in [-0.2, -0.15) is 4.52 Å². The lowest BCUT2D eigenvalue weighted by atomic mass is 9.93. The maximum atomic E-state index is 4.70. The summed E-state index contributed by atoms with van der Waals surface area (Å²) in [6.07, 6.45) is 11.7. The number of nitrogens with one attached hydrogen (secondary N) is 1. The van der Waals surface area contributed by atoms with Gasteiger partial charge in [0.25, 0.3) is 0 Å². The van der Waals surface area contributed by atoms with Crippen LogP contribution in [-0.2, 0) is 12.8 Å². The van der Waals surface area contributed by atoms with Crippen molar-refractivity contribution in [2.45, 2.75) is 51.4 Å². The Kier molecular flexibility index (Phi) is 4.41. The molecule has 6 nitrogen and oxygen atoms in total. The van der Waals surface area contributed by atoms with Gasteiger partial charge in [-0.1, -0.05) is 6.42 Å². The van der Waals surface area contributed by atoms with Gasteiger partial charge in [0.2, 0.25) is 0 Å². The summed E-state index contributed by atoms with van der Waals surface area (Å²) in [5.41, 5.74) is 3.66. The van der Waals surface area contributed by atoms with Crippen LogP contribution in [0.25, 0.3) is 5.65 Å². The average molecular weight is 314 g/mol. The summed E-state index contributed by atoms with van der Waals surface area (Å²) in [6, 6.07) is 0. The number of anilines is 1. The standard InChI is InChI=1S/C17H26N6/c1-4-10-22(11-5-1)12-6-9-18-16-14-7-2-3-8-15(14)17-20-19-13-23(17)21-16/h13H,1-12H2,(H,18,21). The lowest BCUT2D eigenvalue weighted by molar-refractivity contribution is 0.228. The Morgan fingerprint density at radius 1 is 1.00 bits per heavy atom. The highest BCUT2D eigenvalue weighted by Crippen LogP contribution is 2.28. The zero-order valence-electron chi connectivity index (χ0n) is 13.8. The lowest BCUT2D eigenvalue weighted by Gasteiger charge is -2.26. The highest BCUT2D eigenvalue weighted by atomic mass is 15.4. The van der Waals surface area contributed by atoms with Crippen molar-refractivity contribution in [1.82, 2.24) is 24.7 Å². The molecule has 1 saturated heterocycles. The van der Waals surface area contributed by atoms with Crippen LogP contribution in [-0.4, -0.2) is 50.9 Å². The highest BCUT2D eigenvalue weighted by molar-refractivity contribution is 5.59. The molecule has 6 heteroatoms. The molecular weight excluding hydrogens is 288 g/mol. The van der Waals surface area contributed by atoms with Crippen LogP contribution in [0.2, 0.25) is 0 Å². The zero-order chi connectivity index (χ0) is 15.5. The SMILES string of the molecule is c1nnc2c3c(c(NCCCN4CCCCC4)nn12)CCCC3. The number of hydrogen-bond acceptors (Lipinski definition) is 5. The van der Waals surface area contributed by atoms with E-state index in [9.17, 15) is 0 Å². The van der Waals surface area contributed by atoms with E-state index < -0.39 is 0 Å². The van der Waals surface area contributed by atoms with E-state index in [1.807, 2.05) is 4.52 Å². The Hall–Kier alpha value is -1.69. The quantitative estimate of drug-likeness (QED) is 0.858. The first-order chi connectivity index (χ1) is 11.4. The molecule has 0 atom stereocenters. The number of nitrogens with zero attached hydrogens (tertiary/aromatic N) is 5. The van der Waals surface area contributed by atoms with Crippen LogP contribution in [0.1, 0.15) is 49.7 Å². The third-order valence-electron chi connectivity index (χ3n) is 5.15. The van der Waals surface area contributed by atoms with Crippen molar-refractivity contribution in [3.05, 3.63) is 17.5 Å². The van der Waals surface area contributed by atoms with Crippen LogP contribution in [0.15, 0.2) is 6.33 Å². The number of aromatic nitrogens is 4. The molecule has 0 bridgehead atoms. The predicted molar refractivity (Wildman–Crippen MR) is 90.8 cm³/mol. The average Bonchev–Trinajstić information content (AvgIpc) is 3.08. The maximum Gasteiger partial charge on any atom is 0.181 e. The van der Waals surface area contributed by atoms with Crippen molar-refractivity contribution in [2.24, 2.45) is 0 Å². The molecule has 2 aromatic heterocycles. The first kappa shape index (κ1) is 14.9. The van der Waals surface area contributed by atoms with E-state index in [0.717, 1.165) is 30.9 Å². The summed E-state index contributed by atoms with van der Waals surface area (Å²) in [4.78, 5) is 2.59. The minimum Gasteiger partial charge on any atom is -0.368 e. The van der Waals surface area contributed by atoms with E-state index in [0.29, 0.717) is 0 Å². The number of fused-ring (bicyclic) bond motifs is 3. The largest absolute Gasteiger partial charge is 0.368 e. The molecular formula is C17H26N6. The van der Waals surface area contributed by atoms with E-state index in [4.69, 9.17) is 5.10 Å². The second-order valence-electron chi connectivity index (χ2n) is 6.79. The van der Waals surface area contributed by atoms with E-state index >= 15 is 0 Å². The van der Waals surface area contributed by atoms with Crippen LogP contribution >= 0.6 is 0 Å². The molecule has 2 aromatic rings. The Balaban J connectivity index is 1.42. The monoisotopic (exact) mass is 314 g/mol. The van der Waals surface area contributed by atoms with Crippen molar-refractivity contribution in [2.75, 3.05) is 31.5 Å². The molecule has 23 heavy (non-hydrogen) atoms. The molecule has 0 saturated carbocycles. The van der Waals surface area contributed by atoms with Crippen LogP contribution in [0.5, 0.6) is 0 Å². The first-order valence-corrected chi connectivity index (χ1v) is 9.10. The van der Waals surface area contributed by atoms with Crippen molar-refractivity contribution in [3.63, 3.8) is 0 Å². The van der Waals surface area contributed by atoms with Crippen molar-refractivity contribution in [3.8, 4) is 0 Å². The lowest BCUT2D eigenvalue weighted by Crippen LogP contribution is -2.31. The molecule has 0 radical (unpaired) electrons. The summed E-state index contributed by atoms with van der Waals surface area (Å²) in [6.45, 7) is 4.74. The van der Waals surface area contributed by atoms with E-state index in [1.165, 1.54) is 69.3 Å². The number of rotatable bonds is 5. The molecule has 0 spiro atoms. The van der Waals surface area contributed by atoms with Crippen molar-refractivity contribution < 1.29 is 0 Å². The number of likely N-dealkylation sites (tertiary alicyclic amines) is 1. The molecule has 1 aliphatic carbocycles. The zero-order valence-corrected chi connectivity index (χ0v) is 13.8. The van der Waals surface area contributed by atoms with Gasteiger partial charge >= 0.3 is 0 Å². The summed E-state index contributed by atoms with van der Waals surface area (Å²) in [5, 5.41) is 16.6. The molecule has 124 valence electrons. The van der Waals surface area contributed by atoms with Gasteiger partial charge in [0.05, 0.1) is 0 Å². The van der Waals surface area contributed by atoms with E-state index in [-0.39, 0.29) is 0 Å². The van der Waals surface area contributed by atoms with Gasteiger partial charge < -0.3 is 10.2 Å². The van der Waals surface area contributed by atoms with Gasteiger partial charge in [-0.05, 0) is 64.6 Å². The van der Waals surface area contributed by atoms with Crippen LogP contribution in [0.4, 0.5) is 5.82 Å². The second-order valence-corrected chi connectivity index (χ2v) is 6.79. The third kappa shape index (κ3) is 3.17. The number of hydrogen-bond donors (Lipinski definition) is 1. The second kappa shape index (κ2) is 6.83. The van der Waals surface area contributed by atoms with Crippen LogP contribution in [0.3, 0.4) is 0 Å². The fourth-order valence-corrected chi connectivity index (χ4v) is 3.92. The first-order valence-electron chi connectivity index (χ1n) is 9.10. The predicted octanol–water partition coefficient (Wildman–Crippen LogP) is 2.29. The fraction of sp³-hybridized carbons (Fsp3) is 0.706.